The molecule has 0 amide bonds. The van der Waals surface area contributed by atoms with E-state index in [1.54, 1.807) is 0 Å². The third-order valence-electron chi connectivity index (χ3n) is 8.65. The van der Waals surface area contributed by atoms with Crippen molar-refractivity contribution < 1.29 is 15.3 Å². The Labute approximate surface area is 182 Å². The van der Waals surface area contributed by atoms with Crippen LogP contribution in [0.2, 0.25) is 0 Å². The molecule has 0 spiro atoms. The monoisotopic (exact) mass is 412 g/mol. The van der Waals surface area contributed by atoms with E-state index < -0.39 is 12.2 Å². The summed E-state index contributed by atoms with van der Waals surface area (Å²) < 4.78 is 0. The molecule has 4 rings (SSSR count). The van der Waals surface area contributed by atoms with Gasteiger partial charge in [0.15, 0.2) is 0 Å². The average molecular weight is 413 g/mol. The van der Waals surface area contributed by atoms with Crippen LogP contribution in [0.25, 0.3) is 0 Å². The minimum absolute atomic E-state index is 0.250. The first-order chi connectivity index (χ1) is 14.3. The highest BCUT2D eigenvalue weighted by molar-refractivity contribution is 5.38. The Bertz CT molecular complexity index is 743. The van der Waals surface area contributed by atoms with Crippen molar-refractivity contribution in [3.8, 4) is 0 Å². The van der Waals surface area contributed by atoms with E-state index in [-0.39, 0.29) is 6.10 Å². The molecule has 0 aromatic rings. The van der Waals surface area contributed by atoms with Crippen LogP contribution in [0.4, 0.5) is 0 Å². The summed E-state index contributed by atoms with van der Waals surface area (Å²) in [7, 11) is 0. The fourth-order valence-electron chi connectivity index (χ4n) is 6.63. The second-order valence-electron chi connectivity index (χ2n) is 10.7. The van der Waals surface area contributed by atoms with Gasteiger partial charge in [-0.15, -0.1) is 0 Å². The highest BCUT2D eigenvalue weighted by Crippen LogP contribution is 2.59. The molecule has 4 fully saturated rings. The van der Waals surface area contributed by atoms with Crippen molar-refractivity contribution in [1.29, 1.82) is 0 Å². The van der Waals surface area contributed by atoms with Gasteiger partial charge in [-0.05, 0) is 91.6 Å². The summed E-state index contributed by atoms with van der Waals surface area (Å²) in [4.78, 5) is 0. The molecule has 7 atom stereocenters. The lowest BCUT2D eigenvalue weighted by atomic mass is 9.61. The van der Waals surface area contributed by atoms with E-state index in [1.165, 1.54) is 44.1 Å². The van der Waals surface area contributed by atoms with Crippen LogP contribution in [0.5, 0.6) is 0 Å². The number of aliphatic hydroxyl groups is 3. The van der Waals surface area contributed by atoms with Crippen LogP contribution in [-0.2, 0) is 0 Å². The van der Waals surface area contributed by atoms with E-state index in [0.717, 1.165) is 17.6 Å². The molecule has 30 heavy (non-hydrogen) atoms. The number of hydrogen-bond acceptors (Lipinski definition) is 3. The second-order valence-corrected chi connectivity index (χ2v) is 10.7. The Morgan fingerprint density at radius 2 is 1.87 bits per heavy atom. The topological polar surface area (TPSA) is 60.7 Å². The van der Waals surface area contributed by atoms with Gasteiger partial charge in [-0.1, -0.05) is 50.3 Å². The largest absolute Gasteiger partial charge is 0.393 e. The number of rotatable bonds is 5. The summed E-state index contributed by atoms with van der Waals surface area (Å²) in [6.45, 7) is 8.88. The Balaban J connectivity index is 1.48. The van der Waals surface area contributed by atoms with Gasteiger partial charge in [0, 0.05) is 6.42 Å². The van der Waals surface area contributed by atoms with Crippen molar-refractivity contribution in [2.75, 3.05) is 0 Å². The Hall–Kier alpha value is -1.16. The first-order valence-electron chi connectivity index (χ1n) is 12.1. The summed E-state index contributed by atoms with van der Waals surface area (Å²) in [6.07, 6.45) is 16.9. The fourth-order valence-corrected chi connectivity index (χ4v) is 6.63. The minimum atomic E-state index is -0.621. The van der Waals surface area contributed by atoms with Crippen molar-refractivity contribution in [2.45, 2.75) is 89.9 Å². The van der Waals surface area contributed by atoms with Gasteiger partial charge in [-0.3, -0.25) is 0 Å². The van der Waals surface area contributed by atoms with Gasteiger partial charge in [0.25, 0.3) is 0 Å². The quantitative estimate of drug-likeness (QED) is 0.551. The zero-order valence-corrected chi connectivity index (χ0v) is 18.8. The third kappa shape index (κ3) is 4.40. The predicted octanol–water partition coefficient (Wildman–Crippen LogP) is 5.09. The summed E-state index contributed by atoms with van der Waals surface area (Å²) in [6, 6.07) is 0. The molecule has 4 aliphatic rings. The molecule has 166 valence electrons. The molecular weight excluding hydrogens is 372 g/mol. The van der Waals surface area contributed by atoms with Gasteiger partial charge < -0.3 is 15.3 Å². The lowest BCUT2D eigenvalue weighted by Gasteiger charge is -2.44. The standard InChI is InChI=1S/C27H40O3/c1-17(6-13-25(29)20-8-9-20)23-11-12-24-19(5-4-14-27(23,24)3)7-10-21-15-22(28)16-26(30)18(21)2/h6-7,10,13,17,20,22-26,28-30H,2,4-5,8-9,11-12,14-16H2,1,3H3/b13-6-,19-7+,21-10-/t17-,22+,23-,24+,25-,26-,27-/m1/s1. The number of fused-ring (bicyclic) bond motifs is 1. The van der Waals surface area contributed by atoms with Gasteiger partial charge in [0.1, 0.15) is 0 Å². The molecule has 0 radical (unpaired) electrons. The maximum atomic E-state index is 10.2. The highest BCUT2D eigenvalue weighted by Gasteiger charge is 2.50. The maximum Gasteiger partial charge on any atom is 0.0811 e. The van der Waals surface area contributed by atoms with Gasteiger partial charge in [0.05, 0.1) is 18.3 Å². The zero-order chi connectivity index (χ0) is 21.5. The SMILES string of the molecule is C=C1/C(=C\C=C2/CCC[C@]3(C)[C@@H]([C@H](C)/C=C\[C@@H](O)C4CC4)CC[C@@H]23)C[C@H](O)C[C@H]1O. The molecule has 4 saturated carbocycles. The molecule has 3 N–H and O–H groups in total. The van der Waals surface area contributed by atoms with Crippen molar-refractivity contribution in [1.82, 2.24) is 0 Å². The van der Waals surface area contributed by atoms with Crippen LogP contribution >= 0.6 is 0 Å². The number of hydrogen-bond donors (Lipinski definition) is 3. The van der Waals surface area contributed by atoms with Crippen LogP contribution in [0, 0.1) is 29.1 Å². The van der Waals surface area contributed by atoms with E-state index in [4.69, 9.17) is 0 Å². The summed E-state index contributed by atoms with van der Waals surface area (Å²) in [5, 5.41) is 30.4. The van der Waals surface area contributed by atoms with Crippen molar-refractivity contribution in [3.63, 3.8) is 0 Å². The maximum absolute atomic E-state index is 10.2. The zero-order valence-electron chi connectivity index (χ0n) is 18.8. The normalized spacial score (nSPS) is 42.1. The van der Waals surface area contributed by atoms with E-state index in [2.05, 4.69) is 44.7 Å². The first kappa shape index (κ1) is 22.0. The molecule has 4 aliphatic carbocycles. The van der Waals surface area contributed by atoms with Crippen LogP contribution in [0.15, 0.2) is 47.6 Å². The molecule has 0 bridgehead atoms. The highest BCUT2D eigenvalue weighted by atomic mass is 16.3. The van der Waals surface area contributed by atoms with Gasteiger partial charge in [-0.25, -0.2) is 0 Å². The lowest BCUT2D eigenvalue weighted by Crippen LogP contribution is -2.35. The minimum Gasteiger partial charge on any atom is -0.393 e. The van der Waals surface area contributed by atoms with Crippen LogP contribution < -0.4 is 0 Å². The van der Waals surface area contributed by atoms with Gasteiger partial charge >= 0.3 is 0 Å². The molecule has 0 saturated heterocycles. The number of aliphatic hydroxyl groups excluding tert-OH is 3. The molecule has 3 heteroatoms. The van der Waals surface area contributed by atoms with Crippen molar-refractivity contribution >= 4 is 0 Å². The van der Waals surface area contributed by atoms with E-state index in [9.17, 15) is 15.3 Å². The van der Waals surface area contributed by atoms with Crippen LogP contribution in [0.3, 0.4) is 0 Å². The molecule has 0 aromatic carbocycles. The van der Waals surface area contributed by atoms with E-state index in [1.807, 2.05) is 0 Å². The first-order valence-corrected chi connectivity index (χ1v) is 12.1. The molecule has 3 nitrogen and oxygen atoms in total. The predicted molar refractivity (Wildman–Crippen MR) is 122 cm³/mol. The second kappa shape index (κ2) is 8.76. The average Bonchev–Trinajstić information content (AvgIpc) is 3.49. The van der Waals surface area contributed by atoms with Crippen LogP contribution in [0.1, 0.15) is 71.6 Å². The molecule has 0 heterocycles. The summed E-state index contributed by atoms with van der Waals surface area (Å²) in [5.74, 6) is 2.28. The lowest BCUT2D eigenvalue weighted by molar-refractivity contribution is 0.0862. The van der Waals surface area contributed by atoms with Gasteiger partial charge in [0.2, 0.25) is 0 Å². The summed E-state index contributed by atoms with van der Waals surface area (Å²) in [5.41, 5.74) is 3.63. The molecular formula is C27H40O3. The molecule has 0 aromatic heterocycles. The Morgan fingerprint density at radius 1 is 1.10 bits per heavy atom. The van der Waals surface area contributed by atoms with Crippen LogP contribution in [-0.4, -0.2) is 33.6 Å². The third-order valence-corrected chi connectivity index (χ3v) is 8.65. The molecule has 0 unspecified atom stereocenters. The number of allylic oxidation sites excluding steroid dienone is 4. The fraction of sp³-hybridized carbons (Fsp3) is 0.704. The van der Waals surface area contributed by atoms with Crippen molar-refractivity contribution in [3.05, 3.63) is 47.6 Å². The van der Waals surface area contributed by atoms with E-state index in [0.29, 0.717) is 41.9 Å². The summed E-state index contributed by atoms with van der Waals surface area (Å²) >= 11 is 0. The van der Waals surface area contributed by atoms with Gasteiger partial charge in [-0.2, -0.15) is 0 Å². The van der Waals surface area contributed by atoms with Crippen molar-refractivity contribution in [2.24, 2.45) is 29.1 Å². The Kier molecular flexibility index (Phi) is 6.44. The van der Waals surface area contributed by atoms with E-state index >= 15 is 0 Å². The Morgan fingerprint density at radius 3 is 2.60 bits per heavy atom. The molecule has 0 aliphatic heterocycles. The smallest absolute Gasteiger partial charge is 0.0811 e.